The number of nitrogens with zero attached hydrogens (tertiary/aromatic N) is 3. The number of benzene rings is 1. The van der Waals surface area contributed by atoms with E-state index in [-0.39, 0.29) is 5.56 Å². The maximum Gasteiger partial charge on any atom is 0.267 e. The van der Waals surface area contributed by atoms with Crippen LogP contribution in [0.2, 0.25) is 15.1 Å². The first-order valence-corrected chi connectivity index (χ1v) is 13.7. The van der Waals surface area contributed by atoms with Crippen molar-refractivity contribution in [1.29, 1.82) is 0 Å². The number of hydrogen-bond donors (Lipinski definition) is 3. The summed E-state index contributed by atoms with van der Waals surface area (Å²) in [5, 5.41) is 11.9. The molecule has 0 saturated carbocycles. The molecule has 37 heavy (non-hydrogen) atoms. The number of likely N-dealkylation sites (N-methyl/N-ethyl adjacent to an activating group) is 1. The Morgan fingerprint density at radius 3 is 2.46 bits per heavy atom. The van der Waals surface area contributed by atoms with Crippen molar-refractivity contribution < 1.29 is 9.59 Å². The Balaban J connectivity index is 1.58. The summed E-state index contributed by atoms with van der Waals surface area (Å²) in [7, 11) is 2.11. The van der Waals surface area contributed by atoms with Gasteiger partial charge in [0.05, 0.1) is 27.0 Å². The van der Waals surface area contributed by atoms with Crippen LogP contribution in [0.3, 0.4) is 0 Å². The van der Waals surface area contributed by atoms with Crippen LogP contribution in [-0.2, 0) is 6.54 Å². The number of hydrogen-bond acceptors (Lipinski definition) is 7. The molecule has 1 fully saturated rings. The van der Waals surface area contributed by atoms with Gasteiger partial charge in [0, 0.05) is 50.5 Å². The molecule has 1 aliphatic rings. The number of carbonyl (C=O) groups is 2. The largest absolute Gasteiger partial charge is 0.384 e. The molecule has 4 rings (SSSR count). The van der Waals surface area contributed by atoms with E-state index in [1.54, 1.807) is 18.2 Å². The number of halogens is 3. The predicted molar refractivity (Wildman–Crippen MR) is 153 cm³/mol. The molecule has 0 radical (unpaired) electrons. The third kappa shape index (κ3) is 6.93. The van der Waals surface area contributed by atoms with E-state index in [9.17, 15) is 9.59 Å². The summed E-state index contributed by atoms with van der Waals surface area (Å²) in [6.45, 7) is 7.03. The summed E-state index contributed by atoms with van der Waals surface area (Å²) in [6.07, 6.45) is 1.43. The molecule has 3 N–H and O–H groups in total. The van der Waals surface area contributed by atoms with E-state index in [1.807, 2.05) is 12.3 Å². The van der Waals surface area contributed by atoms with Gasteiger partial charge in [-0.05, 0) is 49.2 Å². The summed E-state index contributed by atoms with van der Waals surface area (Å²) in [5.74, 6) is -0.578. The Bertz CT molecular complexity index is 1280. The summed E-state index contributed by atoms with van der Waals surface area (Å²) in [5.41, 5.74) is 1.91. The zero-order chi connectivity index (χ0) is 26.5. The van der Waals surface area contributed by atoms with E-state index in [2.05, 4.69) is 37.8 Å². The van der Waals surface area contributed by atoms with Gasteiger partial charge in [-0.2, -0.15) is 0 Å². The van der Waals surface area contributed by atoms with Crippen molar-refractivity contribution in [3.05, 3.63) is 66.9 Å². The molecule has 3 heterocycles. The second-order valence-corrected chi connectivity index (χ2v) is 10.8. The number of amides is 2. The van der Waals surface area contributed by atoms with E-state index in [1.165, 1.54) is 23.6 Å². The molecule has 0 unspecified atom stereocenters. The first-order valence-electron chi connectivity index (χ1n) is 11.7. The minimum absolute atomic E-state index is 0.180. The third-order valence-corrected chi connectivity index (χ3v) is 7.93. The molecule has 1 saturated heterocycles. The van der Waals surface area contributed by atoms with Crippen molar-refractivity contribution in [2.75, 3.05) is 55.7 Å². The lowest BCUT2D eigenvalue weighted by Crippen LogP contribution is -2.43. The Labute approximate surface area is 234 Å². The van der Waals surface area contributed by atoms with Crippen molar-refractivity contribution in [3.8, 4) is 0 Å². The van der Waals surface area contributed by atoms with Gasteiger partial charge in [-0.15, -0.1) is 11.3 Å². The summed E-state index contributed by atoms with van der Waals surface area (Å²) < 4.78 is 0. The van der Waals surface area contributed by atoms with Crippen LogP contribution in [0.1, 0.15) is 32.5 Å². The van der Waals surface area contributed by atoms with Crippen molar-refractivity contribution in [2.45, 2.75) is 13.5 Å². The van der Waals surface area contributed by atoms with Crippen LogP contribution in [0.15, 0.2) is 35.8 Å². The molecular weight excluding hydrogens is 555 g/mol. The molecule has 0 atom stereocenters. The smallest absolute Gasteiger partial charge is 0.267 e. The normalized spacial score (nSPS) is 14.4. The summed E-state index contributed by atoms with van der Waals surface area (Å²) in [6, 6.07) is 6.36. The predicted octanol–water partition coefficient (Wildman–Crippen LogP) is 5.79. The summed E-state index contributed by atoms with van der Waals surface area (Å²) >= 11 is 20.2. The highest BCUT2D eigenvalue weighted by molar-refractivity contribution is 7.13. The molecule has 1 aromatic carbocycles. The van der Waals surface area contributed by atoms with E-state index in [4.69, 9.17) is 34.8 Å². The second-order valence-electron chi connectivity index (χ2n) is 8.66. The van der Waals surface area contributed by atoms with Crippen molar-refractivity contribution in [1.82, 2.24) is 14.8 Å². The van der Waals surface area contributed by atoms with Crippen LogP contribution in [0.5, 0.6) is 0 Å². The first kappa shape index (κ1) is 27.6. The van der Waals surface area contributed by atoms with Crippen LogP contribution in [0.25, 0.3) is 0 Å². The first-order chi connectivity index (χ1) is 17.7. The highest BCUT2D eigenvalue weighted by Crippen LogP contribution is 2.34. The summed E-state index contributed by atoms with van der Waals surface area (Å²) in [4.78, 5) is 35.7. The zero-order valence-corrected chi connectivity index (χ0v) is 23.5. The maximum absolute atomic E-state index is 13.4. The van der Waals surface area contributed by atoms with Gasteiger partial charge >= 0.3 is 0 Å². The van der Waals surface area contributed by atoms with Crippen molar-refractivity contribution in [3.63, 3.8) is 0 Å². The molecule has 8 nitrogen and oxygen atoms in total. The maximum atomic E-state index is 13.4. The van der Waals surface area contributed by atoms with Gasteiger partial charge in [0.15, 0.2) is 0 Å². The average molecular weight is 582 g/mol. The minimum Gasteiger partial charge on any atom is -0.384 e. The van der Waals surface area contributed by atoms with E-state index in [0.717, 1.165) is 31.7 Å². The zero-order valence-electron chi connectivity index (χ0n) is 20.4. The molecule has 0 aliphatic carbocycles. The molecule has 0 bridgehead atoms. The number of nitrogens with one attached hydrogen (secondary N) is 3. The van der Waals surface area contributed by atoms with Gasteiger partial charge in [0.1, 0.15) is 10.7 Å². The third-order valence-electron chi connectivity index (χ3n) is 5.92. The SMILES string of the molecule is CCNc1cc(Cl)cc(C(=O)Nc2ccc(Cl)cn2)c1NC(=O)c1scc(CN2CCN(C)CC2)c1Cl. The standard InChI is InChI=1S/C25H27Cl3N6O2S/c1-3-29-19-11-17(27)10-18(24(35)31-20-5-4-16(26)12-30-20)22(19)32-25(36)23-21(28)15(14-37-23)13-34-8-6-33(2)7-9-34/h4-5,10-12,14,29H,3,6-9,13H2,1-2H3,(H,32,36)(H,30,31,35). The molecular formula is C25H27Cl3N6O2S. The molecule has 2 aromatic heterocycles. The highest BCUT2D eigenvalue weighted by atomic mass is 35.5. The quantitative estimate of drug-likeness (QED) is 0.312. The monoisotopic (exact) mass is 580 g/mol. The number of carbonyl (C=O) groups excluding carboxylic acids is 2. The van der Waals surface area contributed by atoms with Gasteiger partial charge < -0.3 is 20.9 Å². The van der Waals surface area contributed by atoms with Crippen LogP contribution in [0.4, 0.5) is 17.2 Å². The molecule has 1 aliphatic heterocycles. The minimum atomic E-state index is -0.486. The molecule has 3 aromatic rings. The van der Waals surface area contributed by atoms with Crippen LogP contribution >= 0.6 is 46.1 Å². The lowest BCUT2D eigenvalue weighted by atomic mass is 10.1. The van der Waals surface area contributed by atoms with Gasteiger partial charge in [-0.1, -0.05) is 34.8 Å². The number of aromatic nitrogens is 1. The fraction of sp³-hybridized carbons (Fsp3) is 0.320. The van der Waals surface area contributed by atoms with Gasteiger partial charge in [-0.3, -0.25) is 14.5 Å². The van der Waals surface area contributed by atoms with Gasteiger partial charge in [0.25, 0.3) is 11.8 Å². The number of rotatable bonds is 8. The number of pyridine rings is 1. The van der Waals surface area contributed by atoms with E-state index >= 15 is 0 Å². The van der Waals surface area contributed by atoms with Crippen molar-refractivity contribution >= 4 is 75.1 Å². The van der Waals surface area contributed by atoms with Crippen molar-refractivity contribution in [2.24, 2.45) is 0 Å². The van der Waals surface area contributed by atoms with E-state index < -0.39 is 11.8 Å². The molecule has 196 valence electrons. The Hall–Kier alpha value is -2.40. The Morgan fingerprint density at radius 2 is 1.78 bits per heavy atom. The lowest BCUT2D eigenvalue weighted by molar-refractivity contribution is 0.102. The number of piperazine rings is 1. The van der Waals surface area contributed by atoms with Gasteiger partial charge in [0.2, 0.25) is 0 Å². The van der Waals surface area contributed by atoms with Crippen LogP contribution < -0.4 is 16.0 Å². The fourth-order valence-electron chi connectivity index (χ4n) is 3.94. The molecule has 2 amide bonds. The second kappa shape index (κ2) is 12.4. The topological polar surface area (TPSA) is 89.6 Å². The van der Waals surface area contributed by atoms with E-state index in [0.29, 0.717) is 50.2 Å². The highest BCUT2D eigenvalue weighted by Gasteiger charge is 2.24. The number of anilines is 3. The van der Waals surface area contributed by atoms with Crippen LogP contribution in [0, 0.1) is 0 Å². The number of thiophene rings is 1. The lowest BCUT2D eigenvalue weighted by Gasteiger charge is -2.32. The van der Waals surface area contributed by atoms with Crippen LogP contribution in [-0.4, -0.2) is 66.4 Å². The average Bonchev–Trinajstić information content (AvgIpc) is 3.23. The van der Waals surface area contributed by atoms with Gasteiger partial charge in [-0.25, -0.2) is 4.98 Å². The Morgan fingerprint density at radius 1 is 1.03 bits per heavy atom. The molecule has 12 heteroatoms. The molecule has 0 spiro atoms. The fourth-order valence-corrected chi connectivity index (χ4v) is 5.51. The Kier molecular flexibility index (Phi) is 9.28.